The van der Waals surface area contributed by atoms with Crippen molar-refractivity contribution in [2.24, 2.45) is 23.7 Å². The van der Waals surface area contributed by atoms with Gasteiger partial charge in [0, 0.05) is 5.69 Å². The number of benzene rings is 1. The minimum atomic E-state index is -4.43. The Morgan fingerprint density at radius 3 is 2.29 bits per heavy atom. The number of likely N-dealkylation sites (tertiary alicyclic amines) is 1. The number of fused-ring (bicyclic) bond motifs is 5. The lowest BCUT2D eigenvalue weighted by Gasteiger charge is -2.19. The molecule has 3 aliphatic rings. The Bertz CT molecular complexity index is 714. The molecule has 2 amide bonds. The smallest absolute Gasteiger partial charge is 0.367 e. The average Bonchev–Trinajstić information content (AvgIpc) is 3.20. The lowest BCUT2D eigenvalue weighted by atomic mass is 9.85. The van der Waals surface area contributed by atoms with Gasteiger partial charge in [0.15, 0.2) is 0 Å². The van der Waals surface area contributed by atoms with Crippen LogP contribution >= 0.6 is 0 Å². The van der Waals surface area contributed by atoms with E-state index in [9.17, 15) is 22.8 Å². The van der Waals surface area contributed by atoms with Gasteiger partial charge in [-0.25, -0.2) is 0 Å². The van der Waals surface area contributed by atoms with Crippen LogP contribution in [0, 0.1) is 23.7 Å². The van der Waals surface area contributed by atoms with Crippen molar-refractivity contribution in [3.8, 4) is 0 Å². The molecular weight excluding hydrogens is 321 g/mol. The first-order valence-corrected chi connectivity index (χ1v) is 7.81. The highest BCUT2D eigenvalue weighted by molar-refractivity contribution is 6.06. The first-order valence-electron chi connectivity index (χ1n) is 7.81. The Morgan fingerprint density at radius 1 is 1.08 bits per heavy atom. The van der Waals surface area contributed by atoms with Crippen molar-refractivity contribution in [2.75, 3.05) is 12.0 Å². The number of nitrogens with zero attached hydrogens (tertiary/aromatic N) is 1. The highest BCUT2D eigenvalue weighted by Gasteiger charge is 2.59. The largest absolute Gasteiger partial charge is 0.416 e. The van der Waals surface area contributed by atoms with Crippen molar-refractivity contribution < 1.29 is 22.8 Å². The molecule has 4 nitrogen and oxygen atoms in total. The third-order valence-electron chi connectivity index (χ3n) is 5.19. The molecule has 0 radical (unpaired) electrons. The van der Waals surface area contributed by atoms with Crippen LogP contribution in [0.4, 0.5) is 18.9 Å². The zero-order chi connectivity index (χ0) is 17.1. The van der Waals surface area contributed by atoms with Crippen LogP contribution in [0.1, 0.15) is 12.0 Å². The molecule has 1 aliphatic heterocycles. The number of halogens is 3. The van der Waals surface area contributed by atoms with E-state index < -0.39 is 11.7 Å². The van der Waals surface area contributed by atoms with Gasteiger partial charge in [0.2, 0.25) is 11.8 Å². The molecule has 0 unspecified atom stereocenters. The quantitative estimate of drug-likeness (QED) is 0.682. The molecule has 2 bridgehead atoms. The van der Waals surface area contributed by atoms with Crippen molar-refractivity contribution in [1.82, 2.24) is 4.90 Å². The minimum absolute atomic E-state index is 0.106. The molecule has 1 heterocycles. The first kappa shape index (κ1) is 15.2. The number of rotatable bonds is 3. The maximum absolute atomic E-state index is 12.7. The molecule has 7 heteroatoms. The van der Waals surface area contributed by atoms with Crippen molar-refractivity contribution in [3.05, 3.63) is 42.0 Å². The zero-order valence-electron chi connectivity index (χ0n) is 12.6. The topological polar surface area (TPSA) is 49.4 Å². The summed E-state index contributed by atoms with van der Waals surface area (Å²) in [5, 5.41) is 2.76. The van der Waals surface area contributed by atoms with Crippen molar-refractivity contribution in [3.63, 3.8) is 0 Å². The summed E-state index contributed by atoms with van der Waals surface area (Å²) in [5.41, 5.74) is -0.547. The number of imide groups is 1. The van der Waals surface area contributed by atoms with E-state index in [1.54, 1.807) is 0 Å². The second-order valence-electron chi connectivity index (χ2n) is 6.52. The van der Waals surface area contributed by atoms with Crippen LogP contribution in [0.3, 0.4) is 0 Å². The van der Waals surface area contributed by atoms with E-state index in [0.717, 1.165) is 23.5 Å². The molecule has 24 heavy (non-hydrogen) atoms. The number of alkyl halides is 3. The van der Waals surface area contributed by atoms with E-state index in [4.69, 9.17) is 0 Å². The lowest BCUT2D eigenvalue weighted by Crippen LogP contribution is -2.37. The van der Waals surface area contributed by atoms with Crippen LogP contribution in [0.15, 0.2) is 36.4 Å². The molecule has 1 aromatic carbocycles. The maximum Gasteiger partial charge on any atom is 0.416 e. The Hall–Kier alpha value is -2.31. The molecule has 2 aliphatic carbocycles. The summed E-state index contributed by atoms with van der Waals surface area (Å²) >= 11 is 0. The van der Waals surface area contributed by atoms with Gasteiger partial charge < -0.3 is 5.32 Å². The number of nitrogens with one attached hydrogen (secondary N) is 1. The second-order valence-corrected chi connectivity index (χ2v) is 6.52. The highest BCUT2D eigenvalue weighted by Crippen LogP contribution is 2.52. The number of allylic oxidation sites excluding steroid dienone is 2. The zero-order valence-corrected chi connectivity index (χ0v) is 12.6. The summed E-state index contributed by atoms with van der Waals surface area (Å²) in [6, 6.07) is 4.71. The van der Waals surface area contributed by atoms with Gasteiger partial charge in [0.25, 0.3) is 0 Å². The molecule has 0 aromatic heterocycles. The van der Waals surface area contributed by atoms with Gasteiger partial charge >= 0.3 is 6.18 Å². The number of carbonyl (C=O) groups excluding carboxylic acids is 2. The van der Waals surface area contributed by atoms with Crippen LogP contribution < -0.4 is 5.32 Å². The van der Waals surface area contributed by atoms with Gasteiger partial charge in [-0.05, 0) is 36.5 Å². The SMILES string of the molecule is O=C1[C@@H]2[C@H](C(=O)N1CNc1cccc(C(F)(F)F)c1)[C@@H]1C=C[C@H]2C1. The third-order valence-corrected chi connectivity index (χ3v) is 5.19. The van der Waals surface area contributed by atoms with E-state index in [-0.39, 0.29) is 47.8 Å². The molecule has 1 saturated heterocycles. The molecule has 4 atom stereocenters. The number of carbonyl (C=O) groups is 2. The van der Waals surface area contributed by atoms with E-state index in [1.807, 2.05) is 12.2 Å². The summed E-state index contributed by atoms with van der Waals surface area (Å²) < 4.78 is 38.2. The molecular formula is C17H15F3N2O2. The molecule has 1 aromatic rings. The van der Waals surface area contributed by atoms with Crippen molar-refractivity contribution >= 4 is 17.5 Å². The molecule has 1 N–H and O–H groups in total. The summed E-state index contributed by atoms with van der Waals surface area (Å²) in [7, 11) is 0. The standard InChI is InChI=1S/C17H15F3N2O2/c18-17(19,20)11-2-1-3-12(7-11)21-8-22-15(23)13-9-4-5-10(6-9)14(13)16(22)24/h1-5,7,9-10,13-14,21H,6,8H2/t9-,10+,13-,14+. The molecule has 1 saturated carbocycles. The van der Waals surface area contributed by atoms with E-state index in [1.165, 1.54) is 12.1 Å². The van der Waals surface area contributed by atoms with E-state index in [2.05, 4.69) is 5.32 Å². The van der Waals surface area contributed by atoms with Gasteiger partial charge in [0.05, 0.1) is 24.1 Å². The predicted octanol–water partition coefficient (Wildman–Crippen LogP) is 2.88. The lowest BCUT2D eigenvalue weighted by molar-refractivity contribution is -0.140. The third kappa shape index (κ3) is 2.22. The van der Waals surface area contributed by atoms with Crippen LogP contribution in [-0.2, 0) is 15.8 Å². The number of hydrogen-bond acceptors (Lipinski definition) is 3. The van der Waals surface area contributed by atoms with Crippen LogP contribution in [0.5, 0.6) is 0 Å². The Morgan fingerprint density at radius 2 is 1.71 bits per heavy atom. The number of hydrogen-bond donors (Lipinski definition) is 1. The van der Waals surface area contributed by atoms with Crippen molar-refractivity contribution in [2.45, 2.75) is 12.6 Å². The van der Waals surface area contributed by atoms with Gasteiger partial charge in [-0.1, -0.05) is 18.2 Å². The fourth-order valence-corrected chi connectivity index (χ4v) is 4.10. The Balaban J connectivity index is 1.48. The highest BCUT2D eigenvalue weighted by atomic mass is 19.4. The van der Waals surface area contributed by atoms with Gasteiger partial charge in [0.1, 0.15) is 0 Å². The summed E-state index contributed by atoms with van der Waals surface area (Å²) in [6.07, 6.45) is 0.419. The van der Waals surface area contributed by atoms with E-state index >= 15 is 0 Å². The molecule has 4 rings (SSSR count). The fraction of sp³-hybridized carbons (Fsp3) is 0.412. The summed E-state index contributed by atoms with van der Waals surface area (Å²) in [6.45, 7) is -0.106. The average molecular weight is 336 g/mol. The number of anilines is 1. The minimum Gasteiger partial charge on any atom is -0.367 e. The van der Waals surface area contributed by atoms with Crippen LogP contribution in [0.25, 0.3) is 0 Å². The maximum atomic E-state index is 12.7. The predicted molar refractivity (Wildman–Crippen MR) is 79.5 cm³/mol. The summed E-state index contributed by atoms with van der Waals surface area (Å²) in [4.78, 5) is 26.1. The monoisotopic (exact) mass is 336 g/mol. The van der Waals surface area contributed by atoms with E-state index in [0.29, 0.717) is 0 Å². The fourth-order valence-electron chi connectivity index (χ4n) is 4.10. The molecule has 126 valence electrons. The van der Waals surface area contributed by atoms with Gasteiger partial charge in [-0.15, -0.1) is 0 Å². The normalized spacial score (nSPS) is 31.0. The van der Waals surface area contributed by atoms with Crippen LogP contribution in [-0.4, -0.2) is 23.4 Å². The van der Waals surface area contributed by atoms with Crippen molar-refractivity contribution in [1.29, 1.82) is 0 Å². The first-order chi connectivity index (χ1) is 11.4. The van der Waals surface area contributed by atoms with Gasteiger partial charge in [-0.3, -0.25) is 14.5 Å². The summed E-state index contributed by atoms with van der Waals surface area (Å²) in [5.74, 6) is -0.792. The number of amides is 2. The molecule has 2 fully saturated rings. The van der Waals surface area contributed by atoms with Gasteiger partial charge in [-0.2, -0.15) is 13.2 Å². The Labute approximate surface area is 136 Å². The Kier molecular flexibility index (Phi) is 3.23. The van der Waals surface area contributed by atoms with Crippen LogP contribution in [0.2, 0.25) is 0 Å². The molecule has 0 spiro atoms. The second kappa shape index (κ2) is 5.09.